The van der Waals surface area contributed by atoms with Gasteiger partial charge in [0.2, 0.25) is 0 Å². The molecule has 17 heavy (non-hydrogen) atoms. The largest absolute Gasteiger partial charge is 0.103 e. The Kier molecular flexibility index (Phi) is 4.19. The van der Waals surface area contributed by atoms with E-state index in [1.54, 1.807) is 0 Å². The van der Waals surface area contributed by atoms with E-state index >= 15 is 0 Å². The molecule has 0 heteroatoms. The van der Waals surface area contributed by atoms with Crippen molar-refractivity contribution in [3.8, 4) is 0 Å². The molecule has 0 aromatic heterocycles. The zero-order chi connectivity index (χ0) is 13.1. The van der Waals surface area contributed by atoms with Crippen LogP contribution in [0.5, 0.6) is 0 Å². The predicted octanol–water partition coefficient (Wildman–Crippen LogP) is 5.45. The van der Waals surface area contributed by atoms with Crippen molar-refractivity contribution in [1.29, 1.82) is 0 Å². The van der Waals surface area contributed by atoms with Crippen molar-refractivity contribution in [2.24, 2.45) is 10.8 Å². The summed E-state index contributed by atoms with van der Waals surface area (Å²) in [5.74, 6) is 0. The lowest BCUT2D eigenvalue weighted by Crippen LogP contribution is -2.17. The highest BCUT2D eigenvalue weighted by Crippen LogP contribution is 2.44. The fourth-order valence-electron chi connectivity index (χ4n) is 2.44. The molecule has 0 saturated carbocycles. The number of hydrogen-bond acceptors (Lipinski definition) is 0. The van der Waals surface area contributed by atoms with E-state index < -0.39 is 0 Å². The summed E-state index contributed by atoms with van der Waals surface area (Å²) < 4.78 is 0. The maximum Gasteiger partial charge on any atom is -0.00913 e. The summed E-state index contributed by atoms with van der Waals surface area (Å²) in [5.41, 5.74) is 3.54. The Morgan fingerprint density at radius 2 is 1.29 bits per heavy atom. The molecule has 94 valence electrons. The van der Waals surface area contributed by atoms with E-state index in [0.717, 1.165) is 19.3 Å². The molecular weight excluding hydrogens is 204 g/mol. The van der Waals surface area contributed by atoms with Crippen molar-refractivity contribution in [3.05, 3.63) is 48.6 Å². The summed E-state index contributed by atoms with van der Waals surface area (Å²) >= 11 is 0. The molecule has 0 unspecified atom stereocenters. The first kappa shape index (κ1) is 14.0. The second-order valence-electron chi connectivity index (χ2n) is 6.31. The van der Waals surface area contributed by atoms with E-state index in [2.05, 4.69) is 53.0 Å². The van der Waals surface area contributed by atoms with Crippen molar-refractivity contribution in [2.45, 2.75) is 47.0 Å². The van der Waals surface area contributed by atoms with Crippen LogP contribution in [0.25, 0.3) is 0 Å². The minimum absolute atomic E-state index is 0.240. The lowest BCUT2D eigenvalue weighted by Gasteiger charge is -2.30. The van der Waals surface area contributed by atoms with Gasteiger partial charge in [-0.3, -0.25) is 0 Å². The quantitative estimate of drug-likeness (QED) is 0.532. The third-order valence-electron chi connectivity index (χ3n) is 3.91. The van der Waals surface area contributed by atoms with Crippen LogP contribution in [-0.4, -0.2) is 0 Å². The van der Waals surface area contributed by atoms with Crippen LogP contribution >= 0.6 is 0 Å². The highest BCUT2D eigenvalue weighted by Gasteiger charge is 2.30. The summed E-state index contributed by atoms with van der Waals surface area (Å²) in [6.45, 7) is 16.9. The maximum absolute atomic E-state index is 3.86. The highest BCUT2D eigenvalue weighted by atomic mass is 14.3. The third kappa shape index (κ3) is 3.21. The maximum atomic E-state index is 3.86. The molecule has 1 aliphatic carbocycles. The molecule has 1 rings (SSSR count). The monoisotopic (exact) mass is 230 g/mol. The van der Waals surface area contributed by atoms with Crippen LogP contribution in [0.3, 0.4) is 0 Å². The Bertz CT molecular complexity index is 325. The molecule has 0 spiro atoms. The van der Waals surface area contributed by atoms with Crippen LogP contribution in [0.2, 0.25) is 0 Å². The van der Waals surface area contributed by atoms with Gasteiger partial charge >= 0.3 is 0 Å². The molecule has 0 saturated heterocycles. The lowest BCUT2D eigenvalue weighted by atomic mass is 9.75. The van der Waals surface area contributed by atoms with Gasteiger partial charge < -0.3 is 0 Å². The van der Waals surface area contributed by atoms with Gasteiger partial charge in [0.25, 0.3) is 0 Å². The van der Waals surface area contributed by atoms with Crippen molar-refractivity contribution in [3.63, 3.8) is 0 Å². The normalized spacial score (nSPS) is 16.5. The van der Waals surface area contributed by atoms with Gasteiger partial charge in [-0.05, 0) is 30.1 Å². The molecule has 0 bridgehead atoms. The van der Waals surface area contributed by atoms with Gasteiger partial charge in [0.15, 0.2) is 0 Å². The van der Waals surface area contributed by atoms with Crippen LogP contribution in [0.4, 0.5) is 0 Å². The molecular formula is C17H26. The van der Waals surface area contributed by atoms with Gasteiger partial charge in [-0.15, -0.1) is 13.2 Å². The minimum Gasteiger partial charge on any atom is -0.103 e. The van der Waals surface area contributed by atoms with E-state index in [4.69, 9.17) is 0 Å². The first-order chi connectivity index (χ1) is 7.83. The van der Waals surface area contributed by atoms with Crippen LogP contribution in [0.1, 0.15) is 47.0 Å². The van der Waals surface area contributed by atoms with Crippen LogP contribution in [0, 0.1) is 10.8 Å². The van der Waals surface area contributed by atoms with Crippen LogP contribution in [-0.2, 0) is 0 Å². The molecule has 0 atom stereocenters. The zero-order valence-corrected chi connectivity index (χ0v) is 11.8. The average Bonchev–Trinajstić information content (AvgIpc) is 2.67. The summed E-state index contributed by atoms with van der Waals surface area (Å²) in [6, 6.07) is 0. The predicted molar refractivity (Wildman–Crippen MR) is 78.0 cm³/mol. The fourth-order valence-corrected chi connectivity index (χ4v) is 2.44. The summed E-state index contributed by atoms with van der Waals surface area (Å²) in [6.07, 6.45) is 11.9. The Morgan fingerprint density at radius 1 is 0.941 bits per heavy atom. The molecule has 1 aliphatic rings. The molecule has 0 amide bonds. The summed E-state index contributed by atoms with van der Waals surface area (Å²) in [5, 5.41) is 0. The Balaban J connectivity index is 2.74. The topological polar surface area (TPSA) is 0 Å². The SMILES string of the molecule is C=CCC(C)(C)C1=CC=C(C(C)(C)CC=C)C1. The molecule has 0 nitrogen and oxygen atoms in total. The highest BCUT2D eigenvalue weighted by molar-refractivity contribution is 5.37. The van der Waals surface area contributed by atoms with Crippen molar-refractivity contribution in [2.75, 3.05) is 0 Å². The van der Waals surface area contributed by atoms with Crippen LogP contribution in [0.15, 0.2) is 48.6 Å². The van der Waals surface area contributed by atoms with Gasteiger partial charge in [-0.2, -0.15) is 0 Å². The van der Waals surface area contributed by atoms with Crippen molar-refractivity contribution < 1.29 is 0 Å². The first-order valence-corrected chi connectivity index (χ1v) is 6.46. The smallest absolute Gasteiger partial charge is 0.00913 e. The molecule has 0 fully saturated rings. The van der Waals surface area contributed by atoms with Gasteiger partial charge in [-0.25, -0.2) is 0 Å². The van der Waals surface area contributed by atoms with E-state index in [1.807, 2.05) is 12.2 Å². The Labute approximate surface area is 107 Å². The number of hydrogen-bond donors (Lipinski definition) is 0. The minimum atomic E-state index is 0.240. The van der Waals surface area contributed by atoms with Gasteiger partial charge in [0.05, 0.1) is 0 Å². The summed E-state index contributed by atoms with van der Waals surface area (Å²) in [4.78, 5) is 0. The van der Waals surface area contributed by atoms with Crippen molar-refractivity contribution in [1.82, 2.24) is 0 Å². The molecule has 0 aromatic carbocycles. The van der Waals surface area contributed by atoms with E-state index in [1.165, 1.54) is 11.1 Å². The molecule has 0 aromatic rings. The van der Waals surface area contributed by atoms with E-state index in [-0.39, 0.29) is 10.8 Å². The summed E-state index contributed by atoms with van der Waals surface area (Å²) in [7, 11) is 0. The first-order valence-electron chi connectivity index (χ1n) is 6.46. The molecule has 0 heterocycles. The third-order valence-corrected chi connectivity index (χ3v) is 3.91. The number of allylic oxidation sites excluding steroid dienone is 6. The second-order valence-corrected chi connectivity index (χ2v) is 6.31. The molecule has 0 radical (unpaired) electrons. The lowest BCUT2D eigenvalue weighted by molar-refractivity contribution is 0.413. The van der Waals surface area contributed by atoms with Crippen molar-refractivity contribution >= 4 is 0 Å². The van der Waals surface area contributed by atoms with Gasteiger partial charge in [0.1, 0.15) is 0 Å². The molecule has 0 aliphatic heterocycles. The van der Waals surface area contributed by atoms with Gasteiger partial charge in [0, 0.05) is 0 Å². The molecule has 0 N–H and O–H groups in total. The van der Waals surface area contributed by atoms with E-state index in [0.29, 0.717) is 0 Å². The Hall–Kier alpha value is -1.04. The fraction of sp³-hybridized carbons (Fsp3) is 0.529. The Morgan fingerprint density at radius 3 is 1.59 bits per heavy atom. The second kappa shape index (κ2) is 5.08. The van der Waals surface area contributed by atoms with Crippen LogP contribution < -0.4 is 0 Å². The average molecular weight is 230 g/mol. The standard InChI is InChI=1S/C17H26/c1-7-11-16(3,4)14-9-10-15(13-14)17(5,6)12-8-2/h7-10H,1-2,11-13H2,3-6H3. The van der Waals surface area contributed by atoms with E-state index in [9.17, 15) is 0 Å². The number of rotatable bonds is 6. The zero-order valence-electron chi connectivity index (χ0n) is 11.8. The van der Waals surface area contributed by atoms with Gasteiger partial charge in [-0.1, -0.05) is 63.1 Å².